The molecule has 0 fully saturated rings. The van der Waals surface area contributed by atoms with Gasteiger partial charge in [0.1, 0.15) is 0 Å². The fraction of sp³-hybridized carbons (Fsp3) is 0.333. The van der Waals surface area contributed by atoms with Gasteiger partial charge in [-0.15, -0.1) is 11.3 Å². The van der Waals surface area contributed by atoms with E-state index in [2.05, 4.69) is 23.1 Å². The molecule has 1 aliphatic carbocycles. The number of thiocarbonyl (C=S) groups is 1. The quantitative estimate of drug-likeness (QED) is 0.548. The molecular weight excluding hydrogens is 374 g/mol. The van der Waals surface area contributed by atoms with Crippen molar-refractivity contribution in [2.75, 3.05) is 0 Å². The molecule has 25 heavy (non-hydrogen) atoms. The predicted octanol–water partition coefficient (Wildman–Crippen LogP) is 3.84. The molecule has 7 heteroatoms. The molecule has 1 amide bonds. The summed E-state index contributed by atoms with van der Waals surface area (Å²) in [6, 6.07) is 9.51. The van der Waals surface area contributed by atoms with Crippen molar-refractivity contribution in [1.82, 2.24) is 16.2 Å². The molecule has 1 aromatic heterocycles. The van der Waals surface area contributed by atoms with Gasteiger partial charge in [-0.1, -0.05) is 30.7 Å². The summed E-state index contributed by atoms with van der Waals surface area (Å²) >= 11 is 12.6. The van der Waals surface area contributed by atoms with Crippen LogP contribution in [-0.2, 0) is 19.4 Å². The summed E-state index contributed by atoms with van der Waals surface area (Å²) in [5, 5.41) is 4.12. The van der Waals surface area contributed by atoms with Crippen molar-refractivity contribution >= 4 is 46.2 Å². The Bertz CT molecular complexity index is 773. The minimum absolute atomic E-state index is 0.150. The molecule has 1 aliphatic rings. The highest BCUT2D eigenvalue weighted by atomic mass is 35.5. The van der Waals surface area contributed by atoms with Crippen molar-refractivity contribution in [2.24, 2.45) is 5.92 Å². The van der Waals surface area contributed by atoms with Crippen LogP contribution in [0.25, 0.3) is 0 Å². The first-order valence-electron chi connectivity index (χ1n) is 8.21. The zero-order chi connectivity index (χ0) is 17.8. The van der Waals surface area contributed by atoms with Crippen LogP contribution in [0.3, 0.4) is 0 Å². The standard InChI is InChI=1S/C18H20ClN3OS2/c1-11-2-5-13-9-16(25-15(13)8-11)17(23)21-22-18(24)20-10-12-3-6-14(19)7-4-12/h3-4,6-7,9,11H,2,5,8,10H2,1H3,(H,21,23)(H2,20,22,24). The van der Waals surface area contributed by atoms with Crippen LogP contribution in [0.15, 0.2) is 30.3 Å². The summed E-state index contributed by atoms with van der Waals surface area (Å²) in [6.07, 6.45) is 3.33. The Morgan fingerprint density at radius 3 is 2.84 bits per heavy atom. The van der Waals surface area contributed by atoms with Gasteiger partial charge in [0.15, 0.2) is 5.11 Å². The van der Waals surface area contributed by atoms with E-state index in [4.69, 9.17) is 23.8 Å². The van der Waals surface area contributed by atoms with E-state index in [0.29, 0.717) is 22.6 Å². The number of halogens is 1. The lowest BCUT2D eigenvalue weighted by molar-refractivity contribution is 0.0947. The number of hydrogen-bond donors (Lipinski definition) is 3. The van der Waals surface area contributed by atoms with Crippen LogP contribution in [0.2, 0.25) is 5.02 Å². The molecule has 3 N–H and O–H groups in total. The van der Waals surface area contributed by atoms with Gasteiger partial charge in [0, 0.05) is 16.4 Å². The Hall–Kier alpha value is -1.63. The Kier molecular flexibility index (Phi) is 5.93. The summed E-state index contributed by atoms with van der Waals surface area (Å²) in [5.74, 6) is 0.549. The highest BCUT2D eigenvalue weighted by molar-refractivity contribution is 7.80. The van der Waals surface area contributed by atoms with Crippen molar-refractivity contribution in [2.45, 2.75) is 32.7 Å². The average Bonchev–Trinajstić information content (AvgIpc) is 3.02. The summed E-state index contributed by atoms with van der Waals surface area (Å²) in [7, 11) is 0. The second-order valence-electron chi connectivity index (χ2n) is 6.30. The van der Waals surface area contributed by atoms with Crippen molar-refractivity contribution in [3.63, 3.8) is 0 Å². The number of nitrogens with one attached hydrogen (secondary N) is 3. The van der Waals surface area contributed by atoms with Crippen LogP contribution in [-0.4, -0.2) is 11.0 Å². The van der Waals surface area contributed by atoms with Crippen LogP contribution in [0.4, 0.5) is 0 Å². The van der Waals surface area contributed by atoms with Crippen molar-refractivity contribution in [1.29, 1.82) is 0 Å². The number of aryl methyl sites for hydroxylation is 1. The molecule has 3 rings (SSSR count). The maximum Gasteiger partial charge on any atom is 0.279 e. The molecule has 1 atom stereocenters. The zero-order valence-electron chi connectivity index (χ0n) is 13.9. The lowest BCUT2D eigenvalue weighted by Gasteiger charge is -2.16. The van der Waals surface area contributed by atoms with Crippen LogP contribution >= 0.6 is 35.2 Å². The van der Waals surface area contributed by atoms with Gasteiger partial charge in [-0.25, -0.2) is 0 Å². The Labute approximate surface area is 161 Å². The minimum Gasteiger partial charge on any atom is -0.357 e. The molecule has 0 saturated carbocycles. The second-order valence-corrected chi connectivity index (χ2v) is 8.28. The Morgan fingerprint density at radius 2 is 2.08 bits per heavy atom. The molecule has 0 saturated heterocycles. The average molecular weight is 394 g/mol. The Balaban J connectivity index is 1.47. The SMILES string of the molecule is CC1CCc2cc(C(=O)NNC(=S)NCc3ccc(Cl)cc3)sc2C1. The van der Waals surface area contributed by atoms with E-state index in [9.17, 15) is 4.79 Å². The van der Waals surface area contributed by atoms with E-state index < -0.39 is 0 Å². The molecule has 4 nitrogen and oxygen atoms in total. The van der Waals surface area contributed by atoms with E-state index in [1.54, 1.807) is 11.3 Å². The maximum atomic E-state index is 12.3. The maximum absolute atomic E-state index is 12.3. The number of fused-ring (bicyclic) bond motifs is 1. The van der Waals surface area contributed by atoms with E-state index >= 15 is 0 Å². The third-order valence-electron chi connectivity index (χ3n) is 4.22. The van der Waals surface area contributed by atoms with E-state index in [1.165, 1.54) is 16.9 Å². The molecule has 132 valence electrons. The molecule has 0 aliphatic heterocycles. The van der Waals surface area contributed by atoms with Gasteiger partial charge in [0.25, 0.3) is 5.91 Å². The van der Waals surface area contributed by atoms with E-state index in [-0.39, 0.29) is 5.91 Å². The molecular formula is C18H20ClN3OS2. The highest BCUT2D eigenvalue weighted by Gasteiger charge is 2.20. The number of amides is 1. The predicted molar refractivity (Wildman–Crippen MR) is 107 cm³/mol. The van der Waals surface area contributed by atoms with Crippen LogP contribution in [0, 0.1) is 5.92 Å². The van der Waals surface area contributed by atoms with E-state index in [0.717, 1.165) is 23.3 Å². The highest BCUT2D eigenvalue weighted by Crippen LogP contribution is 2.32. The third kappa shape index (κ3) is 4.93. The lowest BCUT2D eigenvalue weighted by atomic mass is 9.90. The van der Waals surface area contributed by atoms with Gasteiger partial charge in [0.2, 0.25) is 0 Å². The van der Waals surface area contributed by atoms with Gasteiger partial charge in [-0.3, -0.25) is 15.6 Å². The van der Waals surface area contributed by atoms with Crippen molar-refractivity contribution in [3.05, 3.63) is 56.2 Å². The van der Waals surface area contributed by atoms with Crippen molar-refractivity contribution in [3.8, 4) is 0 Å². The molecule has 1 heterocycles. The molecule has 1 unspecified atom stereocenters. The largest absolute Gasteiger partial charge is 0.357 e. The van der Waals surface area contributed by atoms with Gasteiger partial charge in [-0.05, 0) is 66.7 Å². The summed E-state index contributed by atoms with van der Waals surface area (Å²) in [6.45, 7) is 2.82. The van der Waals surface area contributed by atoms with Gasteiger partial charge in [0.05, 0.1) is 4.88 Å². The van der Waals surface area contributed by atoms with E-state index in [1.807, 2.05) is 30.3 Å². The monoisotopic (exact) mass is 393 g/mol. The number of benzene rings is 1. The third-order valence-corrected chi connectivity index (χ3v) is 5.91. The topological polar surface area (TPSA) is 53.2 Å². The fourth-order valence-electron chi connectivity index (χ4n) is 2.79. The Morgan fingerprint density at radius 1 is 1.32 bits per heavy atom. The normalized spacial score (nSPS) is 16.0. The molecule has 1 aromatic carbocycles. The van der Waals surface area contributed by atoms with Gasteiger partial charge < -0.3 is 5.32 Å². The first-order chi connectivity index (χ1) is 12.0. The minimum atomic E-state index is -0.150. The summed E-state index contributed by atoms with van der Waals surface area (Å²) in [4.78, 5) is 14.4. The number of rotatable bonds is 3. The van der Waals surface area contributed by atoms with Gasteiger partial charge in [-0.2, -0.15) is 0 Å². The smallest absolute Gasteiger partial charge is 0.279 e. The van der Waals surface area contributed by atoms with Crippen LogP contribution in [0.1, 0.15) is 39.0 Å². The number of hydrazine groups is 1. The molecule has 0 radical (unpaired) electrons. The number of thiophene rings is 1. The lowest BCUT2D eigenvalue weighted by Crippen LogP contribution is -2.46. The first kappa shape index (κ1) is 18.2. The van der Waals surface area contributed by atoms with Crippen LogP contribution in [0.5, 0.6) is 0 Å². The fourth-order valence-corrected chi connectivity index (χ4v) is 4.31. The number of carbonyl (C=O) groups excluding carboxylic acids is 1. The van der Waals surface area contributed by atoms with Gasteiger partial charge >= 0.3 is 0 Å². The van der Waals surface area contributed by atoms with Crippen LogP contribution < -0.4 is 16.2 Å². The number of hydrogen-bond acceptors (Lipinski definition) is 3. The summed E-state index contributed by atoms with van der Waals surface area (Å²) in [5.41, 5.74) is 7.79. The van der Waals surface area contributed by atoms with Crippen molar-refractivity contribution < 1.29 is 4.79 Å². The number of carbonyl (C=O) groups is 1. The molecule has 0 bridgehead atoms. The molecule has 0 spiro atoms. The molecule has 2 aromatic rings. The summed E-state index contributed by atoms with van der Waals surface area (Å²) < 4.78 is 0. The first-order valence-corrected chi connectivity index (χ1v) is 9.81. The second kappa shape index (κ2) is 8.17. The zero-order valence-corrected chi connectivity index (χ0v) is 16.3.